The summed E-state index contributed by atoms with van der Waals surface area (Å²) in [5.41, 5.74) is -2.92. The molecule has 0 aliphatic heterocycles. The van der Waals surface area contributed by atoms with Gasteiger partial charge in [-0.1, -0.05) is 11.6 Å². The Labute approximate surface area is 118 Å². The molecule has 0 atom stereocenters. The first-order valence-corrected chi connectivity index (χ1v) is 5.54. The normalized spacial score (nSPS) is 11.7. The maximum absolute atomic E-state index is 13.2. The fraction of sp³-hybridized carbons (Fsp3) is 0.0909. The fourth-order valence-corrected chi connectivity index (χ4v) is 1.76. The number of hydrogen-bond donors (Lipinski definition) is 1. The van der Waals surface area contributed by atoms with E-state index in [1.165, 1.54) is 0 Å². The van der Waals surface area contributed by atoms with Gasteiger partial charge in [0.1, 0.15) is 0 Å². The third kappa shape index (κ3) is 2.82. The lowest BCUT2D eigenvalue weighted by molar-refractivity contribution is -0.141. The lowest BCUT2D eigenvalue weighted by Crippen LogP contribution is -2.10. The summed E-state index contributed by atoms with van der Waals surface area (Å²) in [7, 11) is 0. The number of carbonyl (C=O) groups is 1. The second kappa shape index (κ2) is 4.99. The molecule has 0 fully saturated rings. The minimum absolute atomic E-state index is 0.264. The number of aromatic carboxylic acids is 1. The molecule has 1 heterocycles. The molecule has 0 radical (unpaired) electrons. The molecule has 10 heteroatoms. The van der Waals surface area contributed by atoms with Gasteiger partial charge in [-0.25, -0.2) is 18.3 Å². The van der Waals surface area contributed by atoms with Gasteiger partial charge in [-0.15, -0.1) is 0 Å². The van der Waals surface area contributed by atoms with E-state index in [9.17, 15) is 26.7 Å². The van der Waals surface area contributed by atoms with E-state index in [0.29, 0.717) is 12.1 Å². The van der Waals surface area contributed by atoms with E-state index in [1.807, 2.05) is 0 Å². The second-order valence-corrected chi connectivity index (χ2v) is 4.25. The summed E-state index contributed by atoms with van der Waals surface area (Å²) in [6.45, 7) is 0. The highest BCUT2D eigenvalue weighted by Gasteiger charge is 2.36. The molecule has 112 valence electrons. The predicted octanol–water partition coefficient (Wildman–Crippen LogP) is 3.52. The average Bonchev–Trinajstić information content (AvgIpc) is 2.78. The Bertz CT molecular complexity index is 726. The van der Waals surface area contributed by atoms with Crippen LogP contribution in [-0.2, 0) is 6.18 Å². The third-order valence-corrected chi connectivity index (χ3v) is 2.74. The summed E-state index contributed by atoms with van der Waals surface area (Å²) in [6, 6.07) is 1.23. The zero-order valence-electron chi connectivity index (χ0n) is 9.75. The van der Waals surface area contributed by atoms with Crippen LogP contribution in [0.5, 0.6) is 0 Å². The summed E-state index contributed by atoms with van der Waals surface area (Å²) in [4.78, 5) is 11.0. The van der Waals surface area contributed by atoms with Crippen molar-refractivity contribution < 1.29 is 31.9 Å². The summed E-state index contributed by atoms with van der Waals surface area (Å²) >= 11 is 5.59. The van der Waals surface area contributed by atoms with Gasteiger partial charge in [-0.3, -0.25) is 0 Å². The van der Waals surface area contributed by atoms with Gasteiger partial charge in [-0.2, -0.15) is 18.3 Å². The topological polar surface area (TPSA) is 55.1 Å². The molecule has 0 aliphatic rings. The van der Waals surface area contributed by atoms with Gasteiger partial charge in [0, 0.05) is 12.1 Å². The zero-order chi connectivity index (χ0) is 15.9. The number of nitrogens with zero attached hydrogens (tertiary/aromatic N) is 2. The SMILES string of the molecule is O=C(O)c1cc(C(F)(F)F)nn1-c1cc(F)c(F)cc1Cl. The van der Waals surface area contributed by atoms with Crippen molar-refractivity contribution in [1.29, 1.82) is 0 Å². The summed E-state index contributed by atoms with van der Waals surface area (Å²) in [6.07, 6.45) is -4.90. The van der Waals surface area contributed by atoms with Gasteiger partial charge in [0.05, 0.1) is 10.7 Å². The Hall–Kier alpha value is -2.16. The van der Waals surface area contributed by atoms with E-state index in [1.54, 1.807) is 0 Å². The molecule has 0 aliphatic carbocycles. The van der Waals surface area contributed by atoms with E-state index in [-0.39, 0.29) is 10.7 Å². The van der Waals surface area contributed by atoms with Crippen LogP contribution in [0.1, 0.15) is 16.2 Å². The first kappa shape index (κ1) is 15.2. The highest BCUT2D eigenvalue weighted by Crippen LogP contribution is 2.31. The van der Waals surface area contributed by atoms with Crippen molar-refractivity contribution >= 4 is 17.6 Å². The maximum Gasteiger partial charge on any atom is 0.435 e. The fourth-order valence-electron chi connectivity index (χ4n) is 1.53. The number of aromatic nitrogens is 2. The van der Waals surface area contributed by atoms with Crippen LogP contribution < -0.4 is 0 Å². The van der Waals surface area contributed by atoms with Crippen molar-refractivity contribution in [2.45, 2.75) is 6.18 Å². The molecule has 2 aromatic rings. The number of carboxylic acids is 1. The summed E-state index contributed by atoms with van der Waals surface area (Å²) in [5, 5.41) is 11.4. The van der Waals surface area contributed by atoms with Gasteiger partial charge >= 0.3 is 12.1 Å². The highest BCUT2D eigenvalue weighted by molar-refractivity contribution is 6.32. The molecule has 0 spiro atoms. The van der Waals surface area contributed by atoms with E-state index in [2.05, 4.69) is 5.10 Å². The molecule has 4 nitrogen and oxygen atoms in total. The second-order valence-electron chi connectivity index (χ2n) is 3.85. The Morgan fingerprint density at radius 1 is 1.19 bits per heavy atom. The van der Waals surface area contributed by atoms with Crippen molar-refractivity contribution in [2.24, 2.45) is 0 Å². The number of halogens is 6. The quantitative estimate of drug-likeness (QED) is 0.678. The Morgan fingerprint density at radius 2 is 1.76 bits per heavy atom. The van der Waals surface area contributed by atoms with Crippen molar-refractivity contribution in [3.8, 4) is 5.69 Å². The molecule has 1 aromatic carbocycles. The summed E-state index contributed by atoms with van der Waals surface area (Å²) in [5.74, 6) is -4.47. The first-order valence-electron chi connectivity index (χ1n) is 5.16. The molecular weight excluding hydrogens is 323 g/mol. The van der Waals surface area contributed by atoms with Crippen molar-refractivity contribution in [3.63, 3.8) is 0 Å². The molecular formula is C11H4ClF5N2O2. The van der Waals surface area contributed by atoms with Gasteiger partial charge < -0.3 is 5.11 Å². The minimum atomic E-state index is -4.90. The van der Waals surface area contributed by atoms with Crippen LogP contribution >= 0.6 is 11.6 Å². The molecule has 0 saturated carbocycles. The largest absolute Gasteiger partial charge is 0.477 e. The molecule has 0 amide bonds. The molecule has 0 bridgehead atoms. The number of carboxylic acid groups (broad SMARTS) is 1. The lowest BCUT2D eigenvalue weighted by atomic mass is 10.3. The van der Waals surface area contributed by atoms with E-state index in [4.69, 9.17) is 16.7 Å². The standard InChI is InChI=1S/C11H4ClF5N2O2/c12-4-1-5(13)6(14)2-7(4)19-8(10(20)21)3-9(18-19)11(15,16)17/h1-3H,(H,20,21). The van der Waals surface area contributed by atoms with E-state index < -0.39 is 45.9 Å². The molecule has 2 rings (SSSR count). The Morgan fingerprint density at radius 3 is 2.29 bits per heavy atom. The molecule has 1 N–H and O–H groups in total. The van der Waals surface area contributed by atoms with Crippen molar-refractivity contribution in [1.82, 2.24) is 9.78 Å². The maximum atomic E-state index is 13.2. The molecule has 21 heavy (non-hydrogen) atoms. The molecule has 0 saturated heterocycles. The highest BCUT2D eigenvalue weighted by atomic mass is 35.5. The van der Waals surface area contributed by atoms with E-state index in [0.717, 1.165) is 0 Å². The van der Waals surface area contributed by atoms with Crippen molar-refractivity contribution in [3.05, 3.63) is 46.2 Å². The van der Waals surface area contributed by atoms with Gasteiger partial charge in [0.2, 0.25) is 0 Å². The first-order chi connectivity index (χ1) is 9.61. The zero-order valence-corrected chi connectivity index (χ0v) is 10.5. The third-order valence-electron chi connectivity index (χ3n) is 2.44. The van der Waals surface area contributed by atoms with Crippen LogP contribution in [0.25, 0.3) is 5.69 Å². The number of alkyl halides is 3. The number of benzene rings is 1. The Kier molecular flexibility index (Phi) is 3.62. The lowest BCUT2D eigenvalue weighted by Gasteiger charge is -2.07. The molecule has 1 aromatic heterocycles. The Balaban J connectivity index is 2.71. The number of rotatable bonds is 2. The van der Waals surface area contributed by atoms with Crippen LogP contribution in [0.4, 0.5) is 22.0 Å². The molecule has 0 unspecified atom stereocenters. The van der Waals surface area contributed by atoms with Crippen LogP contribution in [0, 0.1) is 11.6 Å². The van der Waals surface area contributed by atoms with Crippen LogP contribution in [0.3, 0.4) is 0 Å². The monoisotopic (exact) mass is 326 g/mol. The minimum Gasteiger partial charge on any atom is -0.477 e. The van der Waals surface area contributed by atoms with E-state index >= 15 is 0 Å². The van der Waals surface area contributed by atoms with Crippen LogP contribution in [0.15, 0.2) is 18.2 Å². The van der Waals surface area contributed by atoms with Crippen molar-refractivity contribution in [2.75, 3.05) is 0 Å². The smallest absolute Gasteiger partial charge is 0.435 e. The van der Waals surface area contributed by atoms with Gasteiger partial charge in [0.15, 0.2) is 23.0 Å². The summed E-state index contributed by atoms with van der Waals surface area (Å²) < 4.78 is 64.1. The predicted molar refractivity (Wildman–Crippen MR) is 60.5 cm³/mol. The number of hydrogen-bond acceptors (Lipinski definition) is 2. The van der Waals surface area contributed by atoms with Gasteiger partial charge in [0.25, 0.3) is 0 Å². The average molecular weight is 327 g/mol. The van der Waals surface area contributed by atoms with Gasteiger partial charge in [-0.05, 0) is 6.07 Å². The van der Waals surface area contributed by atoms with Crippen LogP contribution in [0.2, 0.25) is 5.02 Å². The van der Waals surface area contributed by atoms with Crippen LogP contribution in [-0.4, -0.2) is 20.9 Å².